The second-order valence-electron chi connectivity index (χ2n) is 3.40. The molecule has 0 radical (unpaired) electrons. The van der Waals surface area contributed by atoms with E-state index < -0.39 is 4.92 Å². The second-order valence-corrected chi connectivity index (χ2v) is 3.81. The predicted molar refractivity (Wildman–Crippen MR) is 66.8 cm³/mol. The lowest BCUT2D eigenvalue weighted by Gasteiger charge is -2.08. The number of ether oxygens (including phenoxy) is 1. The summed E-state index contributed by atoms with van der Waals surface area (Å²) < 4.78 is 5.36. The molecular formula is C11H15ClN2O3. The number of nitro groups is 1. The van der Waals surface area contributed by atoms with Gasteiger partial charge in [-0.15, -0.1) is 0 Å². The van der Waals surface area contributed by atoms with Crippen molar-refractivity contribution in [2.24, 2.45) is 0 Å². The lowest BCUT2D eigenvalue weighted by atomic mass is 10.3. The number of nitrogens with one attached hydrogen (secondary N) is 1. The molecule has 0 aliphatic heterocycles. The number of nitrogens with zero attached hydrogens (tertiary/aromatic N) is 1. The van der Waals surface area contributed by atoms with E-state index in [1.54, 1.807) is 6.07 Å². The Balaban J connectivity index is 2.60. The third-order valence-electron chi connectivity index (χ3n) is 2.14. The summed E-state index contributed by atoms with van der Waals surface area (Å²) in [6, 6.07) is 4.49. The van der Waals surface area contributed by atoms with Crippen LogP contribution in [0.15, 0.2) is 18.2 Å². The van der Waals surface area contributed by atoms with Crippen molar-refractivity contribution < 1.29 is 9.66 Å². The Morgan fingerprint density at radius 1 is 1.53 bits per heavy atom. The molecule has 0 aromatic heterocycles. The highest BCUT2D eigenvalue weighted by Crippen LogP contribution is 2.34. The molecular weight excluding hydrogens is 244 g/mol. The number of nitro benzene ring substituents is 1. The Labute approximate surface area is 105 Å². The summed E-state index contributed by atoms with van der Waals surface area (Å²) in [6.07, 6.45) is 0.774. The fourth-order valence-corrected chi connectivity index (χ4v) is 1.56. The first-order valence-electron chi connectivity index (χ1n) is 5.43. The smallest absolute Gasteiger partial charge is 0.312 e. The van der Waals surface area contributed by atoms with Gasteiger partial charge >= 0.3 is 5.69 Å². The van der Waals surface area contributed by atoms with E-state index >= 15 is 0 Å². The third-order valence-corrected chi connectivity index (χ3v) is 2.43. The lowest BCUT2D eigenvalue weighted by molar-refractivity contribution is -0.385. The molecule has 0 spiro atoms. The molecule has 0 saturated carbocycles. The predicted octanol–water partition coefficient (Wildman–Crippen LogP) is 2.63. The van der Waals surface area contributed by atoms with Gasteiger partial charge in [0, 0.05) is 6.07 Å². The number of hydrogen-bond acceptors (Lipinski definition) is 4. The number of halogens is 1. The minimum Gasteiger partial charge on any atom is -0.486 e. The molecule has 1 N–H and O–H groups in total. The largest absolute Gasteiger partial charge is 0.486 e. The van der Waals surface area contributed by atoms with Gasteiger partial charge in [0.05, 0.1) is 16.6 Å². The van der Waals surface area contributed by atoms with Crippen LogP contribution in [0.1, 0.15) is 13.3 Å². The molecule has 0 bridgehead atoms. The Kier molecular flexibility index (Phi) is 5.72. The van der Waals surface area contributed by atoms with Crippen LogP contribution in [0.4, 0.5) is 5.69 Å². The summed E-state index contributed by atoms with van der Waals surface area (Å²) in [4.78, 5) is 10.3. The second kappa shape index (κ2) is 7.09. The van der Waals surface area contributed by atoms with Gasteiger partial charge in [0.1, 0.15) is 0 Å². The Morgan fingerprint density at radius 3 is 2.94 bits per heavy atom. The van der Waals surface area contributed by atoms with Crippen LogP contribution in [0.5, 0.6) is 5.75 Å². The summed E-state index contributed by atoms with van der Waals surface area (Å²) in [5.41, 5.74) is -0.0963. The SMILES string of the molecule is CCNCCCOc1c(Cl)cccc1[N+](=O)[O-]. The van der Waals surface area contributed by atoms with E-state index in [4.69, 9.17) is 16.3 Å². The van der Waals surface area contributed by atoms with Crippen molar-refractivity contribution in [3.8, 4) is 5.75 Å². The Bertz CT molecular complexity index is 385. The van der Waals surface area contributed by atoms with Crippen molar-refractivity contribution in [2.45, 2.75) is 13.3 Å². The molecule has 0 aliphatic rings. The first-order chi connectivity index (χ1) is 8.16. The van der Waals surface area contributed by atoms with E-state index in [-0.39, 0.29) is 16.5 Å². The van der Waals surface area contributed by atoms with Crippen molar-refractivity contribution in [1.82, 2.24) is 5.32 Å². The number of para-hydroxylation sites is 1. The monoisotopic (exact) mass is 258 g/mol. The zero-order valence-electron chi connectivity index (χ0n) is 9.61. The maximum absolute atomic E-state index is 10.8. The summed E-state index contributed by atoms with van der Waals surface area (Å²) in [5.74, 6) is 0.149. The average molecular weight is 259 g/mol. The molecule has 1 aromatic rings. The molecule has 94 valence electrons. The zero-order chi connectivity index (χ0) is 12.7. The van der Waals surface area contributed by atoms with Gasteiger partial charge < -0.3 is 10.1 Å². The minimum atomic E-state index is -0.495. The van der Waals surface area contributed by atoms with Crippen molar-refractivity contribution in [2.75, 3.05) is 19.7 Å². The highest BCUT2D eigenvalue weighted by molar-refractivity contribution is 6.32. The Hall–Kier alpha value is -1.33. The zero-order valence-corrected chi connectivity index (χ0v) is 10.4. The minimum absolute atomic E-state index is 0.0963. The maximum Gasteiger partial charge on any atom is 0.312 e. The van der Waals surface area contributed by atoms with Gasteiger partial charge in [-0.1, -0.05) is 24.6 Å². The summed E-state index contributed by atoms with van der Waals surface area (Å²) in [6.45, 7) is 4.12. The quantitative estimate of drug-likeness (QED) is 0.464. The summed E-state index contributed by atoms with van der Waals surface area (Å²) in [5, 5.41) is 14.2. The van der Waals surface area contributed by atoms with Crippen LogP contribution in [0.3, 0.4) is 0 Å². The van der Waals surface area contributed by atoms with Crippen LogP contribution >= 0.6 is 11.6 Å². The topological polar surface area (TPSA) is 64.4 Å². The van der Waals surface area contributed by atoms with E-state index in [1.165, 1.54) is 12.1 Å². The molecule has 0 atom stereocenters. The molecule has 1 aromatic carbocycles. The first kappa shape index (κ1) is 13.7. The molecule has 1 rings (SSSR count). The van der Waals surface area contributed by atoms with E-state index in [0.717, 1.165) is 19.5 Å². The fraction of sp³-hybridized carbons (Fsp3) is 0.455. The number of benzene rings is 1. The molecule has 0 saturated heterocycles. The molecule has 0 unspecified atom stereocenters. The molecule has 0 fully saturated rings. The van der Waals surface area contributed by atoms with Crippen molar-refractivity contribution >= 4 is 17.3 Å². The van der Waals surface area contributed by atoms with E-state index in [9.17, 15) is 10.1 Å². The highest BCUT2D eigenvalue weighted by Gasteiger charge is 2.17. The molecule has 0 heterocycles. The van der Waals surface area contributed by atoms with Gasteiger partial charge in [-0.05, 0) is 25.6 Å². The molecule has 5 nitrogen and oxygen atoms in total. The van der Waals surface area contributed by atoms with Crippen LogP contribution in [-0.4, -0.2) is 24.6 Å². The van der Waals surface area contributed by atoms with Crippen molar-refractivity contribution in [3.05, 3.63) is 33.3 Å². The maximum atomic E-state index is 10.8. The van der Waals surface area contributed by atoms with Crippen LogP contribution in [0.2, 0.25) is 5.02 Å². The van der Waals surface area contributed by atoms with E-state index in [1.807, 2.05) is 6.92 Å². The lowest BCUT2D eigenvalue weighted by Crippen LogP contribution is -2.16. The molecule has 0 aliphatic carbocycles. The van der Waals surface area contributed by atoms with Gasteiger partial charge in [-0.3, -0.25) is 10.1 Å². The van der Waals surface area contributed by atoms with Gasteiger partial charge in [0.25, 0.3) is 0 Å². The highest BCUT2D eigenvalue weighted by atomic mass is 35.5. The van der Waals surface area contributed by atoms with E-state index in [2.05, 4.69) is 5.32 Å². The van der Waals surface area contributed by atoms with Crippen LogP contribution in [0.25, 0.3) is 0 Å². The number of hydrogen-bond donors (Lipinski definition) is 1. The molecule has 6 heteroatoms. The van der Waals surface area contributed by atoms with Gasteiger partial charge in [-0.2, -0.15) is 0 Å². The van der Waals surface area contributed by atoms with Gasteiger partial charge in [0.2, 0.25) is 5.75 Å². The van der Waals surface area contributed by atoms with Crippen LogP contribution in [-0.2, 0) is 0 Å². The molecule has 17 heavy (non-hydrogen) atoms. The van der Waals surface area contributed by atoms with Crippen LogP contribution < -0.4 is 10.1 Å². The summed E-state index contributed by atoms with van der Waals surface area (Å²) in [7, 11) is 0. The summed E-state index contributed by atoms with van der Waals surface area (Å²) >= 11 is 5.87. The Morgan fingerprint density at radius 2 is 2.29 bits per heavy atom. The fourth-order valence-electron chi connectivity index (χ4n) is 1.33. The normalized spacial score (nSPS) is 10.2. The van der Waals surface area contributed by atoms with Crippen molar-refractivity contribution in [1.29, 1.82) is 0 Å². The number of rotatable bonds is 7. The standard InChI is InChI=1S/C11H15ClN2O3/c1-2-13-7-4-8-17-11-9(12)5-3-6-10(11)14(15)16/h3,5-6,13H,2,4,7-8H2,1H3. The van der Waals surface area contributed by atoms with Gasteiger partial charge in [0.15, 0.2) is 0 Å². The van der Waals surface area contributed by atoms with Gasteiger partial charge in [-0.25, -0.2) is 0 Å². The third kappa shape index (κ3) is 4.20. The van der Waals surface area contributed by atoms with Crippen LogP contribution in [0, 0.1) is 10.1 Å². The first-order valence-corrected chi connectivity index (χ1v) is 5.81. The van der Waals surface area contributed by atoms with Crippen molar-refractivity contribution in [3.63, 3.8) is 0 Å². The molecule has 0 amide bonds. The van der Waals surface area contributed by atoms with E-state index in [0.29, 0.717) is 6.61 Å². The average Bonchev–Trinajstić information content (AvgIpc) is 2.30.